The van der Waals surface area contributed by atoms with Gasteiger partial charge in [0.05, 0.1) is 12.7 Å². The highest BCUT2D eigenvalue weighted by atomic mass is 19.4. The second kappa shape index (κ2) is 7.58. The van der Waals surface area contributed by atoms with Crippen molar-refractivity contribution in [2.75, 3.05) is 45.9 Å². The first-order valence-corrected chi connectivity index (χ1v) is 7.54. The summed E-state index contributed by atoms with van der Waals surface area (Å²) in [7, 11) is 0. The van der Waals surface area contributed by atoms with E-state index in [4.69, 9.17) is 4.74 Å². The molecule has 3 N–H and O–H groups in total. The minimum Gasteiger partial charge on any atom is -0.375 e. The number of carbonyl (C=O) groups is 1. The molecular formula is C13H23F3N4O2. The summed E-state index contributed by atoms with van der Waals surface area (Å²) in [6.07, 6.45) is -4.72. The van der Waals surface area contributed by atoms with Gasteiger partial charge in [0, 0.05) is 39.3 Å². The van der Waals surface area contributed by atoms with Gasteiger partial charge in [0.25, 0.3) is 0 Å². The molecule has 2 saturated heterocycles. The predicted octanol–water partition coefficient (Wildman–Crippen LogP) is -0.684. The first-order chi connectivity index (χ1) is 10.4. The van der Waals surface area contributed by atoms with Gasteiger partial charge in [0.2, 0.25) is 5.91 Å². The lowest BCUT2D eigenvalue weighted by Crippen LogP contribution is -2.60. The second-order valence-electron chi connectivity index (χ2n) is 5.60. The van der Waals surface area contributed by atoms with Gasteiger partial charge in [-0.05, 0) is 6.92 Å². The third kappa shape index (κ3) is 4.55. The fraction of sp³-hybridized carbons (Fsp3) is 0.923. The van der Waals surface area contributed by atoms with E-state index in [9.17, 15) is 18.0 Å². The second-order valence-corrected chi connectivity index (χ2v) is 5.60. The van der Waals surface area contributed by atoms with Gasteiger partial charge in [-0.15, -0.1) is 0 Å². The van der Waals surface area contributed by atoms with Gasteiger partial charge < -0.3 is 20.7 Å². The highest BCUT2D eigenvalue weighted by molar-refractivity contribution is 5.82. The molecule has 2 heterocycles. The minimum atomic E-state index is -4.37. The summed E-state index contributed by atoms with van der Waals surface area (Å²) in [6, 6.07) is -2.26. The molecule has 0 spiro atoms. The monoisotopic (exact) mass is 324 g/mol. The Morgan fingerprint density at radius 3 is 2.64 bits per heavy atom. The van der Waals surface area contributed by atoms with Gasteiger partial charge in [-0.25, -0.2) is 0 Å². The molecule has 0 saturated carbocycles. The van der Waals surface area contributed by atoms with Crippen LogP contribution in [0.15, 0.2) is 0 Å². The van der Waals surface area contributed by atoms with Crippen molar-refractivity contribution < 1.29 is 22.7 Å². The van der Waals surface area contributed by atoms with E-state index >= 15 is 0 Å². The van der Waals surface area contributed by atoms with Crippen molar-refractivity contribution in [3.05, 3.63) is 0 Å². The van der Waals surface area contributed by atoms with E-state index in [-0.39, 0.29) is 6.10 Å². The molecule has 6 nitrogen and oxygen atoms in total. The van der Waals surface area contributed by atoms with Crippen LogP contribution in [-0.2, 0) is 9.53 Å². The Morgan fingerprint density at radius 1 is 1.36 bits per heavy atom. The Labute approximate surface area is 127 Å². The SMILES string of the molecule is C[C@H]1OCCN[C@@H]1C(=O)NCC(N1CCNCC1)C(F)(F)F. The zero-order valence-corrected chi connectivity index (χ0v) is 12.6. The smallest absolute Gasteiger partial charge is 0.375 e. The van der Waals surface area contributed by atoms with Crippen LogP contribution in [0.2, 0.25) is 0 Å². The van der Waals surface area contributed by atoms with Crippen LogP contribution in [0.5, 0.6) is 0 Å². The summed E-state index contributed by atoms with van der Waals surface area (Å²) in [5, 5.41) is 8.41. The molecule has 2 aliphatic heterocycles. The van der Waals surface area contributed by atoms with Crippen molar-refractivity contribution in [2.24, 2.45) is 0 Å². The predicted molar refractivity (Wildman–Crippen MR) is 74.5 cm³/mol. The number of nitrogens with one attached hydrogen (secondary N) is 3. The van der Waals surface area contributed by atoms with E-state index in [1.54, 1.807) is 6.92 Å². The Morgan fingerprint density at radius 2 is 2.05 bits per heavy atom. The van der Waals surface area contributed by atoms with Crippen molar-refractivity contribution in [3.63, 3.8) is 0 Å². The highest BCUT2D eigenvalue weighted by Crippen LogP contribution is 2.24. The third-order valence-corrected chi connectivity index (χ3v) is 4.04. The number of amides is 1. The lowest BCUT2D eigenvalue weighted by atomic mass is 10.1. The molecule has 0 aromatic rings. The molecule has 0 aromatic heterocycles. The van der Waals surface area contributed by atoms with Crippen molar-refractivity contribution in [1.29, 1.82) is 0 Å². The van der Waals surface area contributed by atoms with E-state index in [0.29, 0.717) is 39.3 Å². The van der Waals surface area contributed by atoms with E-state index in [2.05, 4.69) is 16.0 Å². The van der Waals surface area contributed by atoms with Gasteiger partial charge in [0.1, 0.15) is 12.1 Å². The number of nitrogens with zero attached hydrogens (tertiary/aromatic N) is 1. The molecule has 2 fully saturated rings. The lowest BCUT2D eigenvalue weighted by molar-refractivity contribution is -0.184. The number of piperazine rings is 1. The Hall–Kier alpha value is -0.900. The van der Waals surface area contributed by atoms with E-state index in [1.807, 2.05) is 0 Å². The summed E-state index contributed by atoms with van der Waals surface area (Å²) >= 11 is 0. The number of rotatable bonds is 4. The van der Waals surface area contributed by atoms with Gasteiger partial charge in [-0.1, -0.05) is 0 Å². The molecule has 0 radical (unpaired) electrons. The van der Waals surface area contributed by atoms with Crippen LogP contribution in [0.1, 0.15) is 6.92 Å². The average Bonchev–Trinajstić information content (AvgIpc) is 2.47. The third-order valence-electron chi connectivity index (χ3n) is 4.04. The maximum Gasteiger partial charge on any atom is 0.405 e. The number of carbonyl (C=O) groups excluding carboxylic acids is 1. The van der Waals surface area contributed by atoms with Gasteiger partial charge >= 0.3 is 6.18 Å². The van der Waals surface area contributed by atoms with Crippen molar-refractivity contribution >= 4 is 5.91 Å². The summed E-state index contributed by atoms with van der Waals surface area (Å²) in [6.45, 7) is 3.99. The van der Waals surface area contributed by atoms with Crippen molar-refractivity contribution in [3.8, 4) is 0 Å². The Kier molecular flexibility index (Phi) is 6.01. The van der Waals surface area contributed by atoms with Crippen molar-refractivity contribution in [1.82, 2.24) is 20.9 Å². The first kappa shape index (κ1) is 17.5. The van der Waals surface area contributed by atoms with Crippen LogP contribution < -0.4 is 16.0 Å². The van der Waals surface area contributed by atoms with E-state index in [0.717, 1.165) is 0 Å². The minimum absolute atomic E-state index is 0.321. The Bertz CT molecular complexity index is 375. The van der Waals surface area contributed by atoms with E-state index < -0.39 is 30.7 Å². The lowest BCUT2D eigenvalue weighted by Gasteiger charge is -2.36. The number of alkyl halides is 3. The number of halogens is 3. The van der Waals surface area contributed by atoms with Gasteiger partial charge in [0.15, 0.2) is 0 Å². The normalized spacial score (nSPS) is 29.1. The fourth-order valence-electron chi connectivity index (χ4n) is 2.78. The largest absolute Gasteiger partial charge is 0.405 e. The van der Waals surface area contributed by atoms with Crippen LogP contribution in [0.3, 0.4) is 0 Å². The first-order valence-electron chi connectivity index (χ1n) is 7.54. The molecule has 22 heavy (non-hydrogen) atoms. The summed E-state index contributed by atoms with van der Waals surface area (Å²) < 4.78 is 45.0. The van der Waals surface area contributed by atoms with Gasteiger partial charge in [-0.2, -0.15) is 13.2 Å². The quantitative estimate of drug-likeness (QED) is 0.639. The molecule has 3 atom stereocenters. The topological polar surface area (TPSA) is 65.6 Å². The Balaban J connectivity index is 1.91. The van der Waals surface area contributed by atoms with Crippen LogP contribution in [0, 0.1) is 0 Å². The summed E-state index contributed by atoms with van der Waals surface area (Å²) in [4.78, 5) is 13.4. The highest BCUT2D eigenvalue weighted by Gasteiger charge is 2.44. The molecule has 0 bridgehead atoms. The summed E-state index contributed by atoms with van der Waals surface area (Å²) in [5.74, 6) is -0.448. The molecule has 0 aliphatic carbocycles. The maximum atomic E-state index is 13.2. The number of ether oxygens (including phenoxy) is 1. The maximum absolute atomic E-state index is 13.2. The van der Waals surface area contributed by atoms with Crippen LogP contribution in [0.25, 0.3) is 0 Å². The van der Waals surface area contributed by atoms with Crippen LogP contribution in [0.4, 0.5) is 13.2 Å². The molecule has 9 heteroatoms. The van der Waals surface area contributed by atoms with Crippen LogP contribution in [-0.4, -0.2) is 81.0 Å². The number of hydrogen-bond donors (Lipinski definition) is 3. The van der Waals surface area contributed by atoms with Crippen LogP contribution >= 0.6 is 0 Å². The zero-order valence-electron chi connectivity index (χ0n) is 12.6. The van der Waals surface area contributed by atoms with Gasteiger partial charge in [-0.3, -0.25) is 9.69 Å². The molecule has 1 unspecified atom stereocenters. The summed E-state index contributed by atoms with van der Waals surface area (Å²) in [5.41, 5.74) is 0. The molecule has 2 rings (SSSR count). The molecule has 1 amide bonds. The number of hydrogen-bond acceptors (Lipinski definition) is 5. The van der Waals surface area contributed by atoms with E-state index in [1.165, 1.54) is 4.90 Å². The fourth-order valence-corrected chi connectivity index (χ4v) is 2.78. The molecule has 0 aromatic carbocycles. The average molecular weight is 324 g/mol. The molecule has 128 valence electrons. The number of morpholine rings is 1. The van der Waals surface area contributed by atoms with Crippen molar-refractivity contribution in [2.45, 2.75) is 31.3 Å². The standard InChI is InChI=1S/C13H23F3N4O2/c1-9-11(18-4-7-22-9)12(21)19-8-10(13(14,15)16)20-5-2-17-3-6-20/h9-11,17-18H,2-8H2,1H3,(H,19,21)/t9-,10?,11+/m1/s1. The zero-order chi connectivity index (χ0) is 16.2. The molecular weight excluding hydrogens is 301 g/mol. The molecule has 2 aliphatic rings.